The van der Waals surface area contributed by atoms with Crippen molar-refractivity contribution in [3.05, 3.63) is 51.9 Å². The van der Waals surface area contributed by atoms with Crippen LogP contribution in [0.1, 0.15) is 17.7 Å². The molecule has 132 valence electrons. The topological polar surface area (TPSA) is 73.2 Å². The van der Waals surface area contributed by atoms with Gasteiger partial charge in [-0.25, -0.2) is 4.68 Å². The number of anilines is 1. The van der Waals surface area contributed by atoms with Crippen LogP contribution in [0.25, 0.3) is 0 Å². The Morgan fingerprint density at radius 2 is 2.20 bits per heavy atom. The summed E-state index contributed by atoms with van der Waals surface area (Å²) in [7, 11) is 1.59. The molecule has 1 unspecified atom stereocenters. The lowest BCUT2D eigenvalue weighted by Gasteiger charge is -2.23. The number of aryl methyl sites for hydroxylation is 2. The molecule has 0 aliphatic heterocycles. The lowest BCUT2D eigenvalue weighted by molar-refractivity contribution is -0.120. The van der Waals surface area contributed by atoms with Crippen LogP contribution in [0.5, 0.6) is 5.75 Å². The van der Waals surface area contributed by atoms with Gasteiger partial charge in [0.25, 0.3) is 5.56 Å². The number of nitrogens with zero attached hydrogens (tertiary/aromatic N) is 2. The van der Waals surface area contributed by atoms with Gasteiger partial charge in [-0.05, 0) is 37.0 Å². The first-order chi connectivity index (χ1) is 11.9. The van der Waals surface area contributed by atoms with Gasteiger partial charge in [-0.2, -0.15) is 13.9 Å². The molecule has 8 heteroatoms. The minimum atomic E-state index is -2.92. The largest absolute Gasteiger partial charge is 0.435 e. The number of hydrogen-bond acceptors (Lipinski definition) is 4. The Kier molecular flexibility index (Phi) is 4.78. The van der Waals surface area contributed by atoms with Crippen molar-refractivity contribution in [2.75, 3.05) is 5.32 Å². The highest BCUT2D eigenvalue weighted by atomic mass is 19.3. The summed E-state index contributed by atoms with van der Waals surface area (Å²) in [6.45, 7) is -2.92. The van der Waals surface area contributed by atoms with Gasteiger partial charge in [0.15, 0.2) is 0 Å². The summed E-state index contributed by atoms with van der Waals surface area (Å²) >= 11 is 0. The minimum Gasteiger partial charge on any atom is -0.435 e. The fourth-order valence-electron chi connectivity index (χ4n) is 2.90. The fraction of sp³-hybridized carbons (Fsp3) is 0.353. The van der Waals surface area contributed by atoms with Gasteiger partial charge in [0.2, 0.25) is 5.91 Å². The molecule has 2 aromatic rings. The molecule has 6 nitrogen and oxygen atoms in total. The van der Waals surface area contributed by atoms with Gasteiger partial charge in [0.1, 0.15) is 5.75 Å². The number of rotatable bonds is 4. The fourth-order valence-corrected chi connectivity index (χ4v) is 2.90. The first-order valence-corrected chi connectivity index (χ1v) is 7.84. The van der Waals surface area contributed by atoms with Crippen LogP contribution in [0.2, 0.25) is 0 Å². The lowest BCUT2D eigenvalue weighted by atomic mass is 9.86. The standard InChI is InChI=1S/C17H17F2N3O3/c1-22-15(23)8-11-7-10(5-6-14(11)21-22)16(24)20-12-3-2-4-13(9-12)25-17(18)19/h2-4,8-10,17H,5-7H2,1H3,(H,20,24). The molecule has 0 saturated heterocycles. The predicted molar refractivity (Wildman–Crippen MR) is 86.7 cm³/mol. The van der Waals surface area contributed by atoms with E-state index in [0.717, 1.165) is 11.3 Å². The molecule has 0 fully saturated rings. The summed E-state index contributed by atoms with van der Waals surface area (Å²) in [5, 5.41) is 6.93. The van der Waals surface area contributed by atoms with Crippen molar-refractivity contribution >= 4 is 11.6 Å². The van der Waals surface area contributed by atoms with E-state index in [2.05, 4.69) is 15.2 Å². The summed E-state index contributed by atoms with van der Waals surface area (Å²) in [5.41, 5.74) is 1.79. The highest BCUT2D eigenvalue weighted by molar-refractivity contribution is 5.93. The Balaban J connectivity index is 1.70. The van der Waals surface area contributed by atoms with Crippen molar-refractivity contribution in [1.82, 2.24) is 9.78 Å². The molecule has 1 aromatic carbocycles. The van der Waals surface area contributed by atoms with Gasteiger partial charge < -0.3 is 10.1 Å². The van der Waals surface area contributed by atoms with Crippen LogP contribution in [0.3, 0.4) is 0 Å². The van der Waals surface area contributed by atoms with Crippen LogP contribution >= 0.6 is 0 Å². The molecule has 1 amide bonds. The highest BCUT2D eigenvalue weighted by Crippen LogP contribution is 2.25. The first-order valence-electron chi connectivity index (χ1n) is 7.84. The number of fused-ring (bicyclic) bond motifs is 1. The van der Waals surface area contributed by atoms with Crippen LogP contribution in [-0.2, 0) is 24.7 Å². The van der Waals surface area contributed by atoms with E-state index in [1.165, 1.54) is 28.9 Å². The predicted octanol–water partition coefficient (Wildman–Crippen LogP) is 2.13. The number of nitrogens with one attached hydrogen (secondary N) is 1. The van der Waals surface area contributed by atoms with E-state index in [0.29, 0.717) is 24.9 Å². The van der Waals surface area contributed by atoms with Crippen LogP contribution in [0, 0.1) is 5.92 Å². The maximum absolute atomic E-state index is 12.5. The van der Waals surface area contributed by atoms with Gasteiger partial charge >= 0.3 is 6.61 Å². The molecule has 1 aliphatic rings. The number of hydrogen-bond donors (Lipinski definition) is 1. The van der Waals surface area contributed by atoms with Crippen LogP contribution in [0.15, 0.2) is 35.1 Å². The number of carbonyl (C=O) groups is 1. The number of amides is 1. The average Bonchev–Trinajstić information content (AvgIpc) is 2.55. The van der Waals surface area contributed by atoms with E-state index in [4.69, 9.17) is 0 Å². The number of alkyl halides is 2. The van der Waals surface area contributed by atoms with Gasteiger partial charge in [0, 0.05) is 30.8 Å². The van der Waals surface area contributed by atoms with Crippen molar-refractivity contribution < 1.29 is 18.3 Å². The lowest BCUT2D eigenvalue weighted by Crippen LogP contribution is -2.31. The Labute approximate surface area is 142 Å². The smallest absolute Gasteiger partial charge is 0.387 e. The van der Waals surface area contributed by atoms with E-state index >= 15 is 0 Å². The van der Waals surface area contributed by atoms with Crippen molar-refractivity contribution in [2.45, 2.75) is 25.9 Å². The van der Waals surface area contributed by atoms with Crippen molar-refractivity contribution in [3.8, 4) is 5.75 Å². The second kappa shape index (κ2) is 7.00. The van der Waals surface area contributed by atoms with Crippen molar-refractivity contribution in [3.63, 3.8) is 0 Å². The molecule has 0 bridgehead atoms. The molecule has 0 spiro atoms. The second-order valence-electron chi connectivity index (χ2n) is 5.91. The van der Waals surface area contributed by atoms with Crippen molar-refractivity contribution in [1.29, 1.82) is 0 Å². The molecule has 1 heterocycles. The van der Waals surface area contributed by atoms with Gasteiger partial charge in [-0.1, -0.05) is 6.07 Å². The molecule has 1 atom stereocenters. The van der Waals surface area contributed by atoms with Gasteiger partial charge in [-0.3, -0.25) is 9.59 Å². The maximum Gasteiger partial charge on any atom is 0.387 e. The summed E-state index contributed by atoms with van der Waals surface area (Å²) in [6.07, 6.45) is 1.64. The molecule has 1 aliphatic carbocycles. The zero-order chi connectivity index (χ0) is 18.0. The normalized spacial score (nSPS) is 16.4. The molecular formula is C17H17F2N3O3. The molecule has 3 rings (SSSR count). The molecule has 0 saturated carbocycles. The molecular weight excluding hydrogens is 332 g/mol. The van der Waals surface area contributed by atoms with E-state index in [9.17, 15) is 18.4 Å². The third-order valence-corrected chi connectivity index (χ3v) is 4.15. The Morgan fingerprint density at radius 1 is 1.40 bits per heavy atom. The molecule has 1 N–H and O–H groups in total. The first kappa shape index (κ1) is 17.1. The summed E-state index contributed by atoms with van der Waals surface area (Å²) in [5.74, 6) is -0.545. The van der Waals surface area contributed by atoms with Crippen LogP contribution in [-0.4, -0.2) is 22.3 Å². The SMILES string of the molecule is Cn1nc2c(cc1=O)CC(C(=O)Nc1cccc(OC(F)F)c1)CC2. The van der Waals surface area contributed by atoms with E-state index < -0.39 is 6.61 Å². The molecule has 1 aromatic heterocycles. The number of aromatic nitrogens is 2. The molecule has 25 heavy (non-hydrogen) atoms. The average molecular weight is 349 g/mol. The van der Waals surface area contributed by atoms with Gasteiger partial charge in [-0.15, -0.1) is 0 Å². The number of halogens is 2. The maximum atomic E-state index is 12.5. The summed E-state index contributed by atoms with van der Waals surface area (Å²) < 4.78 is 30.1. The number of ether oxygens (including phenoxy) is 1. The Bertz CT molecular complexity index is 851. The second-order valence-corrected chi connectivity index (χ2v) is 5.91. The van der Waals surface area contributed by atoms with E-state index in [1.807, 2.05) is 0 Å². The number of benzene rings is 1. The zero-order valence-corrected chi connectivity index (χ0v) is 13.5. The van der Waals surface area contributed by atoms with E-state index in [1.54, 1.807) is 13.1 Å². The van der Waals surface area contributed by atoms with E-state index in [-0.39, 0.29) is 23.1 Å². The Morgan fingerprint density at radius 3 is 2.96 bits per heavy atom. The molecule has 0 radical (unpaired) electrons. The minimum absolute atomic E-state index is 0.0190. The van der Waals surface area contributed by atoms with Crippen LogP contribution < -0.4 is 15.6 Å². The van der Waals surface area contributed by atoms with Gasteiger partial charge in [0.05, 0.1) is 5.69 Å². The number of carbonyl (C=O) groups excluding carboxylic acids is 1. The summed E-state index contributed by atoms with van der Waals surface area (Å²) in [4.78, 5) is 24.2. The zero-order valence-electron chi connectivity index (χ0n) is 13.5. The summed E-state index contributed by atoms with van der Waals surface area (Å²) in [6, 6.07) is 7.37. The van der Waals surface area contributed by atoms with Crippen LogP contribution in [0.4, 0.5) is 14.5 Å². The third kappa shape index (κ3) is 4.01. The quantitative estimate of drug-likeness (QED) is 0.918. The van der Waals surface area contributed by atoms with Crippen molar-refractivity contribution in [2.24, 2.45) is 13.0 Å². The third-order valence-electron chi connectivity index (χ3n) is 4.15. The monoisotopic (exact) mass is 349 g/mol. The Hall–Kier alpha value is -2.77. The highest BCUT2D eigenvalue weighted by Gasteiger charge is 2.26.